The second kappa shape index (κ2) is 11.3. The molecule has 41 heavy (non-hydrogen) atoms. The van der Waals surface area contributed by atoms with Gasteiger partial charge in [0.1, 0.15) is 24.4 Å². The molecule has 3 N–H and O–H groups in total. The van der Waals surface area contributed by atoms with Crippen molar-refractivity contribution in [3.63, 3.8) is 0 Å². The van der Waals surface area contributed by atoms with Crippen molar-refractivity contribution in [3.8, 4) is 17.3 Å². The van der Waals surface area contributed by atoms with Crippen LogP contribution < -0.4 is 15.0 Å². The molecule has 4 atom stereocenters. The van der Waals surface area contributed by atoms with E-state index in [1.54, 1.807) is 6.07 Å². The second-order valence-electron chi connectivity index (χ2n) is 11.3. The van der Waals surface area contributed by atoms with Crippen molar-refractivity contribution in [1.82, 2.24) is 20.3 Å². The SMILES string of the molecule is O=C(NC1CCN(c2ccc(-c3nc4nc(OC5COC6C(O)COC56)[nH]c4cc3Cl)cc2)CC1)OC1CCCC1. The number of nitrogens with zero attached hydrogens (tertiary/aromatic N) is 3. The molecule has 1 aliphatic carbocycles. The van der Waals surface area contributed by atoms with Gasteiger partial charge in [-0.3, -0.25) is 0 Å². The standard InChI is InChI=1S/C29H34ClN5O6/c30-20-13-21-27(34-28(32-21)41-23-15-39-25-22(36)14-38-26(23)25)33-24(20)16-5-7-18(8-6-16)35-11-9-17(10-12-35)31-29(37)40-19-3-1-2-4-19/h5-8,13,17,19,22-23,25-26,36H,1-4,9-12,14-15H2,(H,31,37)(H,32,33,34). The van der Waals surface area contributed by atoms with Gasteiger partial charge in [-0.1, -0.05) is 23.7 Å². The zero-order chi connectivity index (χ0) is 27.9. The van der Waals surface area contributed by atoms with E-state index in [9.17, 15) is 9.90 Å². The lowest BCUT2D eigenvalue weighted by atomic mass is 10.0. The number of pyridine rings is 1. The predicted molar refractivity (Wildman–Crippen MR) is 151 cm³/mol. The Kier molecular flexibility index (Phi) is 7.36. The highest BCUT2D eigenvalue weighted by atomic mass is 35.5. The first-order valence-electron chi connectivity index (χ1n) is 14.5. The molecule has 1 amide bonds. The zero-order valence-electron chi connectivity index (χ0n) is 22.6. The summed E-state index contributed by atoms with van der Waals surface area (Å²) in [7, 11) is 0. The number of piperidine rings is 1. The molecule has 2 aromatic heterocycles. The first-order chi connectivity index (χ1) is 20.0. The van der Waals surface area contributed by atoms with Crippen LogP contribution in [0.4, 0.5) is 10.5 Å². The molecule has 0 bridgehead atoms. The average Bonchev–Trinajstić information content (AvgIpc) is 3.77. The number of aliphatic hydroxyl groups excluding tert-OH is 1. The average molecular weight is 584 g/mol. The third-order valence-corrected chi connectivity index (χ3v) is 8.84. The van der Waals surface area contributed by atoms with Crippen molar-refractivity contribution in [1.29, 1.82) is 0 Å². The summed E-state index contributed by atoms with van der Waals surface area (Å²) < 4.78 is 22.8. The van der Waals surface area contributed by atoms with E-state index in [-0.39, 0.29) is 43.2 Å². The second-order valence-corrected chi connectivity index (χ2v) is 11.7. The molecular weight excluding hydrogens is 550 g/mol. The van der Waals surface area contributed by atoms with E-state index in [1.165, 1.54) is 0 Å². The first-order valence-corrected chi connectivity index (χ1v) is 14.8. The normalized spacial score (nSPS) is 26.9. The van der Waals surface area contributed by atoms with Gasteiger partial charge in [0, 0.05) is 30.4 Å². The van der Waals surface area contributed by atoms with Crippen LogP contribution in [-0.4, -0.2) is 89.0 Å². The Morgan fingerprint density at radius 2 is 1.80 bits per heavy atom. The minimum absolute atomic E-state index is 0.0818. The largest absolute Gasteiger partial charge is 0.456 e. The smallest absolute Gasteiger partial charge is 0.407 e. The number of aromatic nitrogens is 3. The maximum Gasteiger partial charge on any atom is 0.407 e. The van der Waals surface area contributed by atoms with Gasteiger partial charge in [0.2, 0.25) is 0 Å². The monoisotopic (exact) mass is 583 g/mol. The summed E-state index contributed by atoms with van der Waals surface area (Å²) in [5.41, 5.74) is 3.80. The van der Waals surface area contributed by atoms with E-state index in [0.717, 1.165) is 62.9 Å². The highest BCUT2D eigenvalue weighted by molar-refractivity contribution is 6.33. The molecule has 5 heterocycles. The Balaban J connectivity index is 0.971. The molecule has 3 aliphatic heterocycles. The van der Waals surface area contributed by atoms with Crippen LogP contribution in [0.2, 0.25) is 5.02 Å². The van der Waals surface area contributed by atoms with Gasteiger partial charge in [-0.2, -0.15) is 4.98 Å². The topological polar surface area (TPSA) is 131 Å². The van der Waals surface area contributed by atoms with E-state index in [1.807, 2.05) is 12.1 Å². The summed E-state index contributed by atoms with van der Waals surface area (Å²) in [4.78, 5) is 26.9. The van der Waals surface area contributed by atoms with Gasteiger partial charge in [-0.25, -0.2) is 9.78 Å². The lowest BCUT2D eigenvalue weighted by Crippen LogP contribution is -2.45. The number of aromatic amines is 1. The van der Waals surface area contributed by atoms with Crippen LogP contribution in [0.15, 0.2) is 30.3 Å². The van der Waals surface area contributed by atoms with Crippen molar-refractivity contribution < 1.29 is 28.8 Å². The lowest BCUT2D eigenvalue weighted by molar-refractivity contribution is 0.00706. The summed E-state index contributed by atoms with van der Waals surface area (Å²) in [6, 6.07) is 10.4. The van der Waals surface area contributed by atoms with Crippen LogP contribution in [0.3, 0.4) is 0 Å². The molecule has 0 spiro atoms. The molecule has 12 heteroatoms. The van der Waals surface area contributed by atoms with Gasteiger partial charge in [-0.05, 0) is 56.7 Å². The quantitative estimate of drug-likeness (QED) is 0.396. The molecule has 3 aromatic rings. The minimum atomic E-state index is -0.640. The summed E-state index contributed by atoms with van der Waals surface area (Å²) in [6.45, 7) is 2.26. The molecule has 4 aliphatic rings. The molecule has 4 fully saturated rings. The fourth-order valence-corrected chi connectivity index (χ4v) is 6.57. The number of fused-ring (bicyclic) bond motifs is 2. The maximum atomic E-state index is 12.2. The van der Waals surface area contributed by atoms with E-state index >= 15 is 0 Å². The first kappa shape index (κ1) is 26.8. The van der Waals surface area contributed by atoms with E-state index < -0.39 is 6.10 Å². The van der Waals surface area contributed by atoms with Crippen LogP contribution in [0.1, 0.15) is 38.5 Å². The predicted octanol–water partition coefficient (Wildman–Crippen LogP) is 3.82. The van der Waals surface area contributed by atoms with Crippen molar-refractivity contribution in [2.24, 2.45) is 0 Å². The lowest BCUT2D eigenvalue weighted by Gasteiger charge is -2.34. The number of ether oxygens (including phenoxy) is 4. The molecule has 1 aromatic carbocycles. The number of aliphatic hydroxyl groups is 1. The summed E-state index contributed by atoms with van der Waals surface area (Å²) in [6.07, 6.45) is 4.08. The molecule has 4 unspecified atom stereocenters. The number of benzene rings is 1. The van der Waals surface area contributed by atoms with Gasteiger partial charge in [-0.15, -0.1) is 0 Å². The van der Waals surface area contributed by atoms with E-state index in [0.29, 0.717) is 34.5 Å². The number of nitrogens with one attached hydrogen (secondary N) is 2. The zero-order valence-corrected chi connectivity index (χ0v) is 23.4. The summed E-state index contributed by atoms with van der Waals surface area (Å²) in [5.74, 6) is 0. The summed E-state index contributed by atoms with van der Waals surface area (Å²) in [5, 5.41) is 13.5. The van der Waals surface area contributed by atoms with Gasteiger partial charge < -0.3 is 39.3 Å². The van der Waals surface area contributed by atoms with Crippen molar-refractivity contribution in [2.45, 2.75) is 75.1 Å². The number of carbonyl (C=O) groups excluding carboxylic acids is 1. The fourth-order valence-electron chi connectivity index (χ4n) is 6.31. The number of hydrogen-bond acceptors (Lipinski definition) is 9. The van der Waals surface area contributed by atoms with Crippen LogP contribution in [0.25, 0.3) is 22.4 Å². The van der Waals surface area contributed by atoms with Crippen LogP contribution in [0, 0.1) is 0 Å². The molecular formula is C29H34ClN5O6. The number of carbonyl (C=O) groups is 1. The van der Waals surface area contributed by atoms with Crippen molar-refractivity contribution in [3.05, 3.63) is 35.4 Å². The number of halogens is 1. The summed E-state index contributed by atoms with van der Waals surface area (Å²) >= 11 is 6.63. The Morgan fingerprint density at radius 3 is 2.59 bits per heavy atom. The van der Waals surface area contributed by atoms with Gasteiger partial charge in [0.15, 0.2) is 11.8 Å². The molecule has 1 saturated carbocycles. The van der Waals surface area contributed by atoms with Crippen LogP contribution in [-0.2, 0) is 14.2 Å². The number of alkyl carbamates (subject to hydrolysis) is 1. The van der Waals surface area contributed by atoms with E-state index in [2.05, 4.69) is 32.3 Å². The van der Waals surface area contributed by atoms with Crippen LogP contribution >= 0.6 is 11.6 Å². The third-order valence-electron chi connectivity index (χ3n) is 8.55. The third kappa shape index (κ3) is 5.55. The molecule has 11 nitrogen and oxygen atoms in total. The van der Waals surface area contributed by atoms with E-state index in [4.69, 9.17) is 35.5 Å². The molecule has 218 valence electrons. The van der Waals surface area contributed by atoms with Gasteiger partial charge in [0.25, 0.3) is 6.01 Å². The van der Waals surface area contributed by atoms with Crippen LogP contribution in [0.5, 0.6) is 6.01 Å². The number of anilines is 1. The fraction of sp³-hybridized carbons (Fsp3) is 0.552. The Morgan fingerprint density at radius 1 is 1.05 bits per heavy atom. The molecule has 0 radical (unpaired) electrons. The number of imidazole rings is 1. The number of H-pyrrole nitrogens is 1. The Labute approximate surface area is 242 Å². The van der Waals surface area contributed by atoms with Gasteiger partial charge >= 0.3 is 6.09 Å². The Hall–Kier alpha value is -3.12. The van der Waals surface area contributed by atoms with Gasteiger partial charge in [0.05, 0.1) is 29.4 Å². The maximum absolute atomic E-state index is 12.2. The highest BCUT2D eigenvalue weighted by Gasteiger charge is 2.48. The molecule has 3 saturated heterocycles. The number of rotatable bonds is 6. The number of amides is 1. The number of hydrogen-bond donors (Lipinski definition) is 3. The van der Waals surface area contributed by atoms with Crippen molar-refractivity contribution >= 4 is 34.5 Å². The highest BCUT2D eigenvalue weighted by Crippen LogP contribution is 2.33. The Bertz CT molecular complexity index is 1390. The van der Waals surface area contributed by atoms with Crippen molar-refractivity contribution in [2.75, 3.05) is 31.2 Å². The molecule has 7 rings (SSSR count). The minimum Gasteiger partial charge on any atom is -0.456 e.